The largest absolute Gasteiger partial charge is 0.340 e. The molecule has 4 rings (SSSR count). The van der Waals surface area contributed by atoms with Crippen molar-refractivity contribution in [1.29, 1.82) is 0 Å². The summed E-state index contributed by atoms with van der Waals surface area (Å²) in [6, 6.07) is 20.9. The highest BCUT2D eigenvalue weighted by Crippen LogP contribution is 2.22. The third kappa shape index (κ3) is 4.88. The summed E-state index contributed by atoms with van der Waals surface area (Å²) in [5.74, 6) is -0.361. The van der Waals surface area contributed by atoms with E-state index in [1.165, 1.54) is 16.4 Å². The third-order valence-electron chi connectivity index (χ3n) is 5.59. The van der Waals surface area contributed by atoms with E-state index in [4.69, 9.17) is 0 Å². The molecule has 0 saturated carbocycles. The molecule has 1 fully saturated rings. The zero-order chi connectivity index (χ0) is 22.6. The highest BCUT2D eigenvalue weighted by atomic mass is 32.2. The Labute approximate surface area is 188 Å². The Morgan fingerprint density at radius 1 is 0.938 bits per heavy atom. The summed E-state index contributed by atoms with van der Waals surface area (Å²) in [5, 5.41) is 3.01. The average Bonchev–Trinajstić information content (AvgIpc) is 2.84. The second-order valence-electron chi connectivity index (χ2n) is 7.81. The summed E-state index contributed by atoms with van der Waals surface area (Å²) in [6.07, 6.45) is 1.68. The van der Waals surface area contributed by atoms with Crippen LogP contribution in [-0.2, 0) is 10.0 Å². The lowest BCUT2D eigenvalue weighted by molar-refractivity contribution is 0.0942. The number of nitrogens with one attached hydrogen (secondary N) is 1. The van der Waals surface area contributed by atoms with E-state index in [0.717, 1.165) is 5.56 Å². The molecular weight excluding hydrogens is 424 g/mol. The van der Waals surface area contributed by atoms with Crippen LogP contribution >= 0.6 is 0 Å². The van der Waals surface area contributed by atoms with E-state index in [9.17, 15) is 13.2 Å². The smallest absolute Gasteiger partial charge is 0.252 e. The van der Waals surface area contributed by atoms with Crippen molar-refractivity contribution in [3.63, 3.8) is 0 Å². The maximum atomic E-state index is 13.1. The number of rotatable bonds is 6. The molecule has 166 valence electrons. The van der Waals surface area contributed by atoms with Gasteiger partial charge in [-0.15, -0.1) is 0 Å². The predicted molar refractivity (Wildman–Crippen MR) is 123 cm³/mol. The van der Waals surface area contributed by atoms with Crippen LogP contribution in [0.4, 0.5) is 0 Å². The van der Waals surface area contributed by atoms with Crippen molar-refractivity contribution >= 4 is 15.9 Å². The Hall–Kier alpha value is -3.07. The molecule has 0 aliphatic carbocycles. The topological polar surface area (TPSA) is 82.6 Å². The summed E-state index contributed by atoms with van der Waals surface area (Å²) in [7, 11) is -1.69. The predicted octanol–water partition coefficient (Wildman–Crippen LogP) is 2.54. The van der Waals surface area contributed by atoms with Crippen molar-refractivity contribution in [2.75, 3.05) is 33.2 Å². The van der Waals surface area contributed by atoms with Gasteiger partial charge < -0.3 is 10.2 Å². The van der Waals surface area contributed by atoms with Gasteiger partial charge in [-0.1, -0.05) is 42.5 Å². The molecule has 1 aliphatic rings. The number of hydrogen-bond donors (Lipinski definition) is 1. The van der Waals surface area contributed by atoms with Crippen LogP contribution in [0.2, 0.25) is 0 Å². The van der Waals surface area contributed by atoms with Crippen LogP contribution in [0, 0.1) is 0 Å². The summed E-state index contributed by atoms with van der Waals surface area (Å²) in [5.41, 5.74) is 1.88. The Morgan fingerprint density at radius 3 is 2.34 bits per heavy atom. The minimum absolute atomic E-state index is 0.129. The maximum Gasteiger partial charge on any atom is 0.252 e. The normalized spacial score (nSPS) is 16.4. The van der Waals surface area contributed by atoms with Gasteiger partial charge in [0, 0.05) is 37.9 Å². The van der Waals surface area contributed by atoms with Crippen LogP contribution in [0.25, 0.3) is 0 Å². The van der Waals surface area contributed by atoms with Gasteiger partial charge in [0.25, 0.3) is 5.91 Å². The summed E-state index contributed by atoms with van der Waals surface area (Å²) in [6.45, 7) is 2.24. The number of amides is 1. The number of aromatic nitrogens is 1. The van der Waals surface area contributed by atoms with Gasteiger partial charge in [0.15, 0.2) is 0 Å². The Morgan fingerprint density at radius 2 is 1.66 bits per heavy atom. The first-order chi connectivity index (χ1) is 15.4. The van der Waals surface area contributed by atoms with Gasteiger partial charge in [-0.3, -0.25) is 9.78 Å². The van der Waals surface area contributed by atoms with E-state index in [0.29, 0.717) is 31.9 Å². The lowest BCUT2D eigenvalue weighted by atomic mass is 10.0. The van der Waals surface area contributed by atoms with Gasteiger partial charge >= 0.3 is 0 Å². The van der Waals surface area contributed by atoms with Crippen LogP contribution in [0.1, 0.15) is 27.7 Å². The zero-order valence-corrected chi connectivity index (χ0v) is 18.7. The number of nitrogens with zero attached hydrogens (tertiary/aromatic N) is 3. The fraction of sp³-hybridized carbons (Fsp3) is 0.250. The first kappa shape index (κ1) is 22.1. The Balaban J connectivity index is 1.59. The highest BCUT2D eigenvalue weighted by Gasteiger charge is 2.28. The molecule has 0 bridgehead atoms. The quantitative estimate of drug-likeness (QED) is 0.624. The fourth-order valence-electron chi connectivity index (χ4n) is 3.71. The van der Waals surface area contributed by atoms with Crippen LogP contribution < -0.4 is 5.32 Å². The van der Waals surface area contributed by atoms with Gasteiger partial charge in [-0.05, 0) is 42.9 Å². The molecule has 0 spiro atoms. The van der Waals surface area contributed by atoms with E-state index in [1.807, 2.05) is 55.6 Å². The first-order valence-electron chi connectivity index (χ1n) is 10.5. The molecule has 1 amide bonds. The second-order valence-corrected chi connectivity index (χ2v) is 9.74. The van der Waals surface area contributed by atoms with Gasteiger partial charge in [0.1, 0.15) is 0 Å². The molecule has 32 heavy (non-hydrogen) atoms. The van der Waals surface area contributed by atoms with Crippen molar-refractivity contribution in [1.82, 2.24) is 19.5 Å². The molecule has 2 aromatic carbocycles. The zero-order valence-electron chi connectivity index (χ0n) is 17.9. The van der Waals surface area contributed by atoms with Crippen molar-refractivity contribution < 1.29 is 13.2 Å². The van der Waals surface area contributed by atoms with Gasteiger partial charge in [0.05, 0.1) is 16.6 Å². The molecule has 8 heteroatoms. The fourth-order valence-corrected chi connectivity index (χ4v) is 5.18. The molecule has 3 aromatic rings. The van der Waals surface area contributed by atoms with E-state index in [2.05, 4.69) is 15.2 Å². The van der Waals surface area contributed by atoms with Gasteiger partial charge in [0.2, 0.25) is 10.0 Å². The van der Waals surface area contributed by atoms with Crippen molar-refractivity contribution in [2.24, 2.45) is 0 Å². The van der Waals surface area contributed by atoms with Crippen molar-refractivity contribution in [3.8, 4) is 0 Å². The summed E-state index contributed by atoms with van der Waals surface area (Å²) in [4.78, 5) is 19.8. The average molecular weight is 451 g/mol. The lowest BCUT2D eigenvalue weighted by Crippen LogP contribution is -2.47. The summed E-state index contributed by atoms with van der Waals surface area (Å²) < 4.78 is 27.7. The number of pyridine rings is 1. The maximum absolute atomic E-state index is 13.1. The van der Waals surface area contributed by atoms with Gasteiger partial charge in [-0.2, -0.15) is 4.31 Å². The van der Waals surface area contributed by atoms with Crippen molar-refractivity contribution in [3.05, 3.63) is 95.8 Å². The molecule has 1 saturated heterocycles. The molecule has 2 heterocycles. The Kier molecular flexibility index (Phi) is 6.64. The second kappa shape index (κ2) is 9.60. The van der Waals surface area contributed by atoms with E-state index < -0.39 is 16.1 Å². The highest BCUT2D eigenvalue weighted by molar-refractivity contribution is 7.89. The lowest BCUT2D eigenvalue weighted by Gasteiger charge is -2.31. The molecule has 0 radical (unpaired) electrons. The molecule has 1 aromatic heterocycles. The van der Waals surface area contributed by atoms with Gasteiger partial charge in [-0.25, -0.2) is 8.42 Å². The van der Waals surface area contributed by atoms with Crippen LogP contribution in [-0.4, -0.2) is 61.7 Å². The molecular formula is C24H26N4O3S. The number of carbonyl (C=O) groups is 1. The SMILES string of the molecule is CN1CCN(S(=O)(=O)c2cccc(C(=O)NC(c3ccccc3)c3ccccn3)c2)CC1. The molecule has 1 atom stereocenters. The molecule has 7 nitrogen and oxygen atoms in total. The summed E-state index contributed by atoms with van der Waals surface area (Å²) >= 11 is 0. The minimum atomic E-state index is -3.66. The van der Waals surface area contributed by atoms with E-state index >= 15 is 0 Å². The first-order valence-corrected chi connectivity index (χ1v) is 11.9. The molecule has 1 aliphatic heterocycles. The van der Waals surface area contributed by atoms with Crippen LogP contribution in [0.15, 0.2) is 83.9 Å². The number of likely N-dealkylation sites (N-methyl/N-ethyl adjacent to an activating group) is 1. The Bertz CT molecular complexity index is 1120. The molecule has 1 unspecified atom stereocenters. The molecule has 1 N–H and O–H groups in total. The van der Waals surface area contributed by atoms with Crippen LogP contribution in [0.5, 0.6) is 0 Å². The monoisotopic (exact) mass is 450 g/mol. The van der Waals surface area contributed by atoms with E-state index in [1.54, 1.807) is 18.3 Å². The van der Waals surface area contributed by atoms with Crippen molar-refractivity contribution in [2.45, 2.75) is 10.9 Å². The number of carbonyl (C=O) groups excluding carboxylic acids is 1. The van der Waals surface area contributed by atoms with Crippen LogP contribution in [0.3, 0.4) is 0 Å². The minimum Gasteiger partial charge on any atom is -0.340 e. The van der Waals surface area contributed by atoms with E-state index in [-0.39, 0.29) is 16.4 Å². The third-order valence-corrected chi connectivity index (χ3v) is 7.48. The number of piperazine rings is 1. The number of benzene rings is 2. The number of hydrogen-bond acceptors (Lipinski definition) is 5. The number of sulfonamides is 1. The standard InChI is InChI=1S/C24H26N4O3S/c1-27-14-16-28(17-15-27)32(30,31)21-11-7-10-20(18-21)24(29)26-23(19-8-3-2-4-9-19)22-12-5-6-13-25-22/h2-13,18,23H,14-17H2,1H3,(H,26,29).